The van der Waals surface area contributed by atoms with Crippen molar-refractivity contribution in [2.45, 2.75) is 32.4 Å². The molecule has 0 radical (unpaired) electrons. The lowest BCUT2D eigenvalue weighted by Gasteiger charge is -2.21. The van der Waals surface area contributed by atoms with Gasteiger partial charge >= 0.3 is 0 Å². The number of amides is 2. The highest BCUT2D eigenvalue weighted by Gasteiger charge is 2.55. The van der Waals surface area contributed by atoms with Crippen LogP contribution in [0.1, 0.15) is 18.1 Å². The van der Waals surface area contributed by atoms with E-state index in [1.807, 2.05) is 37.3 Å². The summed E-state index contributed by atoms with van der Waals surface area (Å²) in [5.74, 6) is -0.626. The van der Waals surface area contributed by atoms with Crippen LogP contribution >= 0.6 is 15.9 Å². The van der Waals surface area contributed by atoms with Crippen molar-refractivity contribution in [1.29, 1.82) is 0 Å². The van der Waals surface area contributed by atoms with Crippen molar-refractivity contribution in [1.82, 2.24) is 0 Å². The smallest absolute Gasteiger partial charge is 0.263 e. The van der Waals surface area contributed by atoms with Gasteiger partial charge in [-0.25, -0.2) is 9.91 Å². The molecule has 2 atom stereocenters. The van der Waals surface area contributed by atoms with E-state index in [-0.39, 0.29) is 11.8 Å². The number of carbonyl (C=O) groups is 2. The minimum absolute atomic E-state index is 0.296. The SMILES string of the molecule is CCc1ccc(N2C(=O)[C@H]3N=NN(c4ccc(Br)c(C)c4)[C@H]3C2=O)cc1. The highest BCUT2D eigenvalue weighted by atomic mass is 79.9. The van der Waals surface area contributed by atoms with E-state index >= 15 is 0 Å². The van der Waals surface area contributed by atoms with Gasteiger partial charge in [-0.3, -0.25) is 9.59 Å². The highest BCUT2D eigenvalue weighted by molar-refractivity contribution is 9.10. The molecule has 6 nitrogen and oxygen atoms in total. The molecule has 2 heterocycles. The summed E-state index contributed by atoms with van der Waals surface area (Å²) in [5, 5.41) is 9.71. The number of aryl methyl sites for hydroxylation is 2. The largest absolute Gasteiger partial charge is 0.271 e. The molecule has 0 aliphatic carbocycles. The summed E-state index contributed by atoms with van der Waals surface area (Å²) in [6, 6.07) is 11.6. The molecule has 4 rings (SSSR count). The van der Waals surface area contributed by atoms with Crippen LogP contribution in [-0.4, -0.2) is 23.9 Å². The zero-order valence-electron chi connectivity index (χ0n) is 14.4. The molecule has 0 saturated carbocycles. The van der Waals surface area contributed by atoms with Gasteiger partial charge in [0.2, 0.25) is 0 Å². The maximum atomic E-state index is 13.0. The third-order valence-corrected chi connectivity index (χ3v) is 5.68. The van der Waals surface area contributed by atoms with Gasteiger partial charge < -0.3 is 0 Å². The number of imide groups is 1. The minimum Gasteiger partial charge on any atom is -0.271 e. The second-order valence-electron chi connectivity index (χ2n) is 6.40. The predicted octanol–water partition coefficient (Wildman–Crippen LogP) is 3.82. The lowest BCUT2D eigenvalue weighted by molar-refractivity contribution is -0.121. The first-order valence-corrected chi connectivity index (χ1v) is 9.23. The molecule has 0 spiro atoms. The van der Waals surface area contributed by atoms with E-state index in [1.165, 1.54) is 4.90 Å². The molecule has 2 aromatic carbocycles. The van der Waals surface area contributed by atoms with Crippen LogP contribution in [-0.2, 0) is 16.0 Å². The lowest BCUT2D eigenvalue weighted by Crippen LogP contribution is -2.39. The molecule has 1 saturated heterocycles. The van der Waals surface area contributed by atoms with Crippen molar-refractivity contribution < 1.29 is 9.59 Å². The van der Waals surface area contributed by atoms with Crippen LogP contribution in [0.2, 0.25) is 0 Å². The van der Waals surface area contributed by atoms with E-state index < -0.39 is 12.1 Å². The van der Waals surface area contributed by atoms with Crippen molar-refractivity contribution in [2.24, 2.45) is 10.3 Å². The van der Waals surface area contributed by atoms with Crippen LogP contribution in [0.3, 0.4) is 0 Å². The Morgan fingerprint density at radius 2 is 1.73 bits per heavy atom. The van der Waals surface area contributed by atoms with Crippen LogP contribution in [0.15, 0.2) is 57.3 Å². The number of rotatable bonds is 3. The number of benzene rings is 2. The number of fused-ring (bicyclic) bond motifs is 1. The summed E-state index contributed by atoms with van der Waals surface area (Å²) in [5.41, 5.74) is 3.49. The first-order valence-electron chi connectivity index (χ1n) is 8.44. The Labute approximate surface area is 159 Å². The summed E-state index contributed by atoms with van der Waals surface area (Å²) in [6.07, 6.45) is 0.901. The first-order chi connectivity index (χ1) is 12.5. The van der Waals surface area contributed by atoms with Crippen LogP contribution < -0.4 is 9.91 Å². The van der Waals surface area contributed by atoms with Gasteiger partial charge in [-0.1, -0.05) is 40.2 Å². The second-order valence-corrected chi connectivity index (χ2v) is 7.26. The molecule has 0 bridgehead atoms. The van der Waals surface area contributed by atoms with Crippen LogP contribution in [0, 0.1) is 6.92 Å². The van der Waals surface area contributed by atoms with Gasteiger partial charge in [0.1, 0.15) is 0 Å². The number of hydrogen-bond donors (Lipinski definition) is 0. The Hall–Kier alpha value is -2.54. The fourth-order valence-corrected chi connectivity index (χ4v) is 3.53. The Balaban J connectivity index is 1.67. The molecule has 132 valence electrons. The van der Waals surface area contributed by atoms with E-state index in [4.69, 9.17) is 0 Å². The zero-order chi connectivity index (χ0) is 18.4. The molecule has 2 amide bonds. The van der Waals surface area contributed by atoms with Gasteiger partial charge in [0.25, 0.3) is 11.8 Å². The summed E-state index contributed by atoms with van der Waals surface area (Å²) in [6.45, 7) is 4.02. The van der Waals surface area contributed by atoms with Gasteiger partial charge in [-0.15, -0.1) is 0 Å². The Bertz CT molecular complexity index is 926. The third-order valence-electron chi connectivity index (χ3n) is 4.79. The first kappa shape index (κ1) is 16.9. The summed E-state index contributed by atoms with van der Waals surface area (Å²) < 4.78 is 0.973. The highest BCUT2D eigenvalue weighted by Crippen LogP contribution is 2.36. The summed E-state index contributed by atoms with van der Waals surface area (Å²) in [7, 11) is 0. The topological polar surface area (TPSA) is 65.3 Å². The normalized spacial score (nSPS) is 21.7. The molecule has 2 aliphatic heterocycles. The van der Waals surface area contributed by atoms with Gasteiger partial charge in [0, 0.05) is 4.47 Å². The summed E-state index contributed by atoms with van der Waals surface area (Å²) in [4.78, 5) is 27.0. The van der Waals surface area contributed by atoms with E-state index in [1.54, 1.807) is 17.1 Å². The molecule has 0 aromatic heterocycles. The number of anilines is 2. The Morgan fingerprint density at radius 1 is 1.04 bits per heavy atom. The maximum Gasteiger partial charge on any atom is 0.263 e. The molecule has 0 N–H and O–H groups in total. The Kier molecular flexibility index (Phi) is 4.11. The molecule has 7 heteroatoms. The molecule has 1 fully saturated rings. The van der Waals surface area contributed by atoms with Gasteiger partial charge in [0.15, 0.2) is 12.1 Å². The third kappa shape index (κ3) is 2.54. The lowest BCUT2D eigenvalue weighted by atomic mass is 10.1. The van der Waals surface area contributed by atoms with Crippen molar-refractivity contribution in [3.8, 4) is 0 Å². The standard InChI is InChI=1S/C19H17BrN4O2/c1-3-12-4-6-13(7-5-12)23-18(25)16-17(19(23)26)24(22-21-16)14-8-9-15(20)11(2)10-14/h4-10,16-17H,3H2,1-2H3/t16-,17+/m0/s1. The van der Waals surface area contributed by atoms with Crippen molar-refractivity contribution >= 4 is 39.1 Å². The van der Waals surface area contributed by atoms with Crippen molar-refractivity contribution in [2.75, 3.05) is 9.91 Å². The average Bonchev–Trinajstić information content (AvgIpc) is 3.18. The molecular weight excluding hydrogens is 396 g/mol. The number of carbonyl (C=O) groups excluding carboxylic acids is 2. The van der Waals surface area contributed by atoms with Gasteiger partial charge in [0.05, 0.1) is 11.4 Å². The predicted molar refractivity (Wildman–Crippen MR) is 102 cm³/mol. The van der Waals surface area contributed by atoms with Crippen LogP contribution in [0.4, 0.5) is 11.4 Å². The molecular formula is C19H17BrN4O2. The zero-order valence-corrected chi connectivity index (χ0v) is 16.0. The fourth-order valence-electron chi connectivity index (χ4n) is 3.28. The molecule has 0 unspecified atom stereocenters. The monoisotopic (exact) mass is 412 g/mol. The number of hydrogen-bond acceptors (Lipinski definition) is 5. The second kappa shape index (κ2) is 6.32. The quantitative estimate of drug-likeness (QED) is 0.719. The molecule has 2 aliphatic rings. The van der Waals surface area contributed by atoms with Gasteiger partial charge in [-0.05, 0) is 54.8 Å². The van der Waals surface area contributed by atoms with E-state index in [2.05, 4.69) is 33.2 Å². The minimum atomic E-state index is -0.794. The van der Waals surface area contributed by atoms with Gasteiger partial charge in [-0.2, -0.15) is 5.11 Å². The Morgan fingerprint density at radius 3 is 2.38 bits per heavy atom. The van der Waals surface area contributed by atoms with Crippen molar-refractivity contribution in [3.05, 3.63) is 58.1 Å². The van der Waals surface area contributed by atoms with Crippen molar-refractivity contribution in [3.63, 3.8) is 0 Å². The fraction of sp³-hybridized carbons (Fsp3) is 0.263. The number of halogens is 1. The maximum absolute atomic E-state index is 13.0. The summed E-state index contributed by atoms with van der Waals surface area (Å²) >= 11 is 3.47. The van der Waals surface area contributed by atoms with Crippen LogP contribution in [0.5, 0.6) is 0 Å². The number of nitrogens with zero attached hydrogens (tertiary/aromatic N) is 4. The average molecular weight is 413 g/mol. The van der Waals surface area contributed by atoms with E-state index in [9.17, 15) is 9.59 Å². The molecule has 2 aromatic rings. The van der Waals surface area contributed by atoms with Crippen LogP contribution in [0.25, 0.3) is 0 Å². The molecule has 26 heavy (non-hydrogen) atoms. The van der Waals surface area contributed by atoms with E-state index in [0.717, 1.165) is 27.7 Å². The van der Waals surface area contributed by atoms with E-state index in [0.29, 0.717) is 5.69 Å².